The summed E-state index contributed by atoms with van der Waals surface area (Å²) in [5.74, 6) is 0.286. The highest BCUT2D eigenvalue weighted by Crippen LogP contribution is 2.18. The number of nitriles is 1. The van der Waals surface area contributed by atoms with E-state index in [1.165, 1.54) is 38.5 Å². The number of anilines is 1. The predicted octanol–water partition coefficient (Wildman–Crippen LogP) is 3.15. The first-order valence-electron chi connectivity index (χ1n) is 7.36. The third-order valence-electron chi connectivity index (χ3n) is 3.76. The molecule has 0 radical (unpaired) electrons. The van der Waals surface area contributed by atoms with E-state index in [9.17, 15) is 0 Å². The molecule has 0 spiro atoms. The zero-order chi connectivity index (χ0) is 13.5. The second kappa shape index (κ2) is 7.08. The molecular formula is C15H22N4. The lowest BCUT2D eigenvalue weighted by Gasteiger charge is -2.11. The van der Waals surface area contributed by atoms with Crippen LogP contribution in [0.3, 0.4) is 0 Å². The van der Waals surface area contributed by atoms with Crippen LogP contribution < -0.4 is 5.73 Å². The number of fused-ring (bicyclic) bond motifs is 1. The van der Waals surface area contributed by atoms with Crippen LogP contribution in [0.25, 0.3) is 0 Å². The summed E-state index contributed by atoms with van der Waals surface area (Å²) in [7, 11) is 0. The fraction of sp³-hybridized carbons (Fsp3) is 0.667. The maximum atomic E-state index is 9.00. The Morgan fingerprint density at radius 2 is 1.26 bits per heavy atom. The topological polar surface area (TPSA) is 75.6 Å². The number of nitrogens with zero attached hydrogens (tertiary/aromatic N) is 3. The number of nitrogens with two attached hydrogens (primary N) is 1. The van der Waals surface area contributed by atoms with Crippen molar-refractivity contribution < 1.29 is 0 Å². The fourth-order valence-electron chi connectivity index (χ4n) is 2.65. The molecule has 102 valence electrons. The van der Waals surface area contributed by atoms with E-state index in [1.54, 1.807) is 0 Å². The van der Waals surface area contributed by atoms with Crippen LogP contribution in [0.4, 0.5) is 5.82 Å². The van der Waals surface area contributed by atoms with Gasteiger partial charge in [0.15, 0.2) is 11.5 Å². The summed E-state index contributed by atoms with van der Waals surface area (Å²) in [5, 5.41) is 9.00. The smallest absolute Gasteiger partial charge is 0.183 e. The minimum absolute atomic E-state index is 0.283. The molecule has 0 aromatic carbocycles. The summed E-state index contributed by atoms with van der Waals surface area (Å²) in [6.07, 6.45) is 12.0. The molecule has 1 aliphatic carbocycles. The predicted molar refractivity (Wildman–Crippen MR) is 75.5 cm³/mol. The maximum absolute atomic E-state index is 9.00. The molecule has 1 aromatic heterocycles. The second-order valence-electron chi connectivity index (χ2n) is 5.29. The summed E-state index contributed by atoms with van der Waals surface area (Å²) in [6, 6.07) is 2.03. The van der Waals surface area contributed by atoms with Crippen LogP contribution in [0.2, 0.25) is 0 Å². The van der Waals surface area contributed by atoms with Crippen LogP contribution in [-0.2, 0) is 12.8 Å². The Morgan fingerprint density at radius 3 is 1.79 bits per heavy atom. The lowest BCUT2D eigenvalue weighted by molar-refractivity contribution is 0.554. The van der Waals surface area contributed by atoms with E-state index in [0.717, 1.165) is 37.1 Å². The highest BCUT2D eigenvalue weighted by molar-refractivity contribution is 5.44. The molecule has 0 fully saturated rings. The molecule has 19 heavy (non-hydrogen) atoms. The van der Waals surface area contributed by atoms with Crippen LogP contribution in [0.1, 0.15) is 68.4 Å². The number of nitrogen functional groups attached to an aromatic ring is 1. The van der Waals surface area contributed by atoms with Crippen molar-refractivity contribution in [2.75, 3.05) is 5.73 Å². The summed E-state index contributed by atoms with van der Waals surface area (Å²) in [4.78, 5) is 8.82. The van der Waals surface area contributed by atoms with Crippen molar-refractivity contribution in [1.82, 2.24) is 9.97 Å². The van der Waals surface area contributed by atoms with Crippen molar-refractivity contribution in [3.63, 3.8) is 0 Å². The van der Waals surface area contributed by atoms with Gasteiger partial charge in [0.05, 0.1) is 11.4 Å². The molecular weight excluding hydrogens is 236 g/mol. The normalized spacial score (nSPS) is 17.6. The van der Waals surface area contributed by atoms with Crippen LogP contribution >= 0.6 is 0 Å². The van der Waals surface area contributed by atoms with E-state index in [-0.39, 0.29) is 11.5 Å². The Balaban J connectivity index is 2.18. The van der Waals surface area contributed by atoms with Crippen LogP contribution in [0.5, 0.6) is 0 Å². The number of hydrogen-bond donors (Lipinski definition) is 1. The highest BCUT2D eigenvalue weighted by Gasteiger charge is 2.12. The van der Waals surface area contributed by atoms with Gasteiger partial charge in [0.1, 0.15) is 6.07 Å². The van der Waals surface area contributed by atoms with Gasteiger partial charge in [-0.25, -0.2) is 9.97 Å². The number of aryl methyl sites for hydroxylation is 2. The fourth-order valence-corrected chi connectivity index (χ4v) is 2.65. The molecule has 0 bridgehead atoms. The molecule has 0 saturated heterocycles. The molecule has 1 heterocycles. The van der Waals surface area contributed by atoms with Gasteiger partial charge in [-0.1, -0.05) is 38.5 Å². The molecule has 4 heteroatoms. The van der Waals surface area contributed by atoms with Gasteiger partial charge < -0.3 is 5.73 Å². The molecule has 2 N–H and O–H groups in total. The van der Waals surface area contributed by atoms with Gasteiger partial charge in [0.2, 0.25) is 0 Å². The van der Waals surface area contributed by atoms with Gasteiger partial charge in [-0.15, -0.1) is 0 Å². The minimum Gasteiger partial charge on any atom is -0.381 e. The number of hydrogen-bond acceptors (Lipinski definition) is 4. The largest absolute Gasteiger partial charge is 0.381 e. The van der Waals surface area contributed by atoms with Gasteiger partial charge in [0.25, 0.3) is 0 Å². The van der Waals surface area contributed by atoms with E-state index in [4.69, 9.17) is 11.0 Å². The molecule has 0 atom stereocenters. The lowest BCUT2D eigenvalue weighted by atomic mass is 10.0. The van der Waals surface area contributed by atoms with E-state index in [1.807, 2.05) is 6.07 Å². The molecule has 0 aliphatic heterocycles. The first-order chi connectivity index (χ1) is 9.31. The molecule has 0 unspecified atom stereocenters. The van der Waals surface area contributed by atoms with Crippen molar-refractivity contribution in [2.24, 2.45) is 0 Å². The summed E-state index contributed by atoms with van der Waals surface area (Å²) in [6.45, 7) is 0. The Hall–Kier alpha value is -1.63. The zero-order valence-corrected chi connectivity index (χ0v) is 11.5. The molecule has 2 rings (SSSR count). The summed E-state index contributed by atoms with van der Waals surface area (Å²) in [5.41, 5.74) is 8.06. The quantitative estimate of drug-likeness (QED) is 0.775. The number of rotatable bonds is 0. The highest BCUT2D eigenvalue weighted by atomic mass is 14.9. The lowest BCUT2D eigenvalue weighted by Crippen LogP contribution is -2.08. The monoisotopic (exact) mass is 258 g/mol. The zero-order valence-electron chi connectivity index (χ0n) is 11.5. The van der Waals surface area contributed by atoms with Gasteiger partial charge in [-0.05, 0) is 25.7 Å². The van der Waals surface area contributed by atoms with E-state index < -0.39 is 0 Å². The van der Waals surface area contributed by atoms with Crippen molar-refractivity contribution in [3.05, 3.63) is 17.1 Å². The van der Waals surface area contributed by atoms with Crippen molar-refractivity contribution >= 4 is 5.82 Å². The summed E-state index contributed by atoms with van der Waals surface area (Å²) < 4.78 is 0. The first kappa shape index (κ1) is 13.8. The van der Waals surface area contributed by atoms with Gasteiger partial charge in [-0.3, -0.25) is 0 Å². The third-order valence-corrected chi connectivity index (χ3v) is 3.76. The van der Waals surface area contributed by atoms with Crippen molar-refractivity contribution in [3.8, 4) is 6.07 Å². The van der Waals surface area contributed by atoms with Gasteiger partial charge in [0, 0.05) is 0 Å². The Labute approximate surface area is 115 Å². The molecule has 1 aliphatic rings. The van der Waals surface area contributed by atoms with Gasteiger partial charge >= 0.3 is 0 Å². The Morgan fingerprint density at radius 1 is 0.789 bits per heavy atom. The molecule has 0 amide bonds. The minimum atomic E-state index is 0.283. The van der Waals surface area contributed by atoms with Crippen LogP contribution in [0.15, 0.2) is 0 Å². The van der Waals surface area contributed by atoms with Gasteiger partial charge in [-0.2, -0.15) is 5.26 Å². The van der Waals surface area contributed by atoms with E-state index in [0.29, 0.717) is 0 Å². The number of aromatic nitrogens is 2. The second-order valence-corrected chi connectivity index (χ2v) is 5.29. The third kappa shape index (κ3) is 3.92. The molecule has 0 saturated carbocycles. The Bertz CT molecular complexity index is 462. The van der Waals surface area contributed by atoms with Crippen LogP contribution in [0, 0.1) is 11.3 Å². The van der Waals surface area contributed by atoms with Crippen molar-refractivity contribution in [1.29, 1.82) is 5.26 Å². The van der Waals surface area contributed by atoms with E-state index >= 15 is 0 Å². The summed E-state index contributed by atoms with van der Waals surface area (Å²) >= 11 is 0. The average Bonchev–Trinajstić information content (AvgIpc) is 2.40. The van der Waals surface area contributed by atoms with Crippen LogP contribution in [-0.4, -0.2) is 9.97 Å². The van der Waals surface area contributed by atoms with E-state index in [2.05, 4.69) is 9.97 Å². The standard InChI is InChI=1S/C15H22N4/c16-11-14-15(17)19-13-10-8-6-4-2-1-3-5-7-9-12(13)18-14/h1-10H2,(H2,17,19). The molecule has 1 aromatic rings. The maximum Gasteiger partial charge on any atom is 0.183 e. The SMILES string of the molecule is N#Cc1nc2c(nc1N)CCCCCCCCCC2. The average molecular weight is 258 g/mol. The first-order valence-corrected chi connectivity index (χ1v) is 7.36. The van der Waals surface area contributed by atoms with Crippen molar-refractivity contribution in [2.45, 2.75) is 64.2 Å². The Kier molecular flexibility index (Phi) is 5.14. The molecule has 4 nitrogen and oxygen atoms in total.